The number of carbonyl (C=O) groups excluding carboxylic acids is 1. The van der Waals surface area contributed by atoms with Crippen molar-refractivity contribution in [2.24, 2.45) is 0 Å². The lowest BCUT2D eigenvalue weighted by Crippen LogP contribution is -2.49. The lowest BCUT2D eigenvalue weighted by atomic mass is 10.0. The van der Waals surface area contributed by atoms with E-state index in [1.54, 1.807) is 23.1 Å². The highest BCUT2D eigenvalue weighted by Gasteiger charge is 2.37. The summed E-state index contributed by atoms with van der Waals surface area (Å²) in [7, 11) is -3.76. The molecule has 2 aliphatic heterocycles. The lowest BCUT2D eigenvalue weighted by Gasteiger charge is -2.29. The van der Waals surface area contributed by atoms with Gasteiger partial charge in [0.25, 0.3) is 10.2 Å². The third kappa shape index (κ3) is 4.17. The minimum absolute atomic E-state index is 0.228. The van der Waals surface area contributed by atoms with Crippen LogP contribution < -0.4 is 4.72 Å². The van der Waals surface area contributed by atoms with Gasteiger partial charge in [-0.25, -0.2) is 0 Å². The fourth-order valence-corrected chi connectivity index (χ4v) is 5.26. The summed E-state index contributed by atoms with van der Waals surface area (Å²) in [5.74, 6) is -0.228. The monoisotopic (exact) mass is 410 g/mol. The number of likely N-dealkylation sites (tertiary alicyclic amines) is 1. The molecular weight excluding hydrogens is 388 g/mol. The average Bonchev–Trinajstić information content (AvgIpc) is 3.06. The van der Waals surface area contributed by atoms with Crippen LogP contribution in [0.3, 0.4) is 0 Å². The molecule has 2 aromatic carbocycles. The highest BCUT2D eigenvalue weighted by Crippen LogP contribution is 2.22. The molecule has 0 radical (unpaired) electrons. The van der Waals surface area contributed by atoms with Crippen molar-refractivity contribution in [1.29, 1.82) is 5.26 Å². The van der Waals surface area contributed by atoms with Crippen molar-refractivity contribution < 1.29 is 13.2 Å². The molecule has 1 N–H and O–H groups in total. The summed E-state index contributed by atoms with van der Waals surface area (Å²) in [5, 5.41) is 9.02. The van der Waals surface area contributed by atoms with E-state index in [1.807, 2.05) is 30.3 Å². The zero-order valence-electron chi connectivity index (χ0n) is 15.9. The number of rotatable bonds is 5. The molecule has 0 aliphatic carbocycles. The summed E-state index contributed by atoms with van der Waals surface area (Å²) in [6, 6.07) is 16.3. The third-order valence-corrected chi connectivity index (χ3v) is 7.03. The third-order valence-electron chi connectivity index (χ3n) is 5.45. The van der Waals surface area contributed by atoms with Crippen LogP contribution in [0.4, 0.5) is 0 Å². The topological polar surface area (TPSA) is 93.5 Å². The molecule has 2 heterocycles. The number of benzene rings is 2. The molecule has 4 rings (SSSR count). The number of carbonyl (C=O) groups is 1. The van der Waals surface area contributed by atoms with Crippen LogP contribution in [0.1, 0.15) is 28.7 Å². The van der Waals surface area contributed by atoms with E-state index >= 15 is 0 Å². The second kappa shape index (κ2) is 7.95. The maximum absolute atomic E-state index is 12.9. The number of fused-ring (bicyclic) bond motifs is 1. The minimum Gasteiger partial charge on any atom is -0.337 e. The molecule has 2 aliphatic rings. The molecule has 150 valence electrons. The van der Waals surface area contributed by atoms with Crippen molar-refractivity contribution in [3.63, 3.8) is 0 Å². The van der Waals surface area contributed by atoms with Crippen LogP contribution in [0, 0.1) is 11.3 Å². The molecular formula is C21H22N4O3S. The van der Waals surface area contributed by atoms with Gasteiger partial charge >= 0.3 is 0 Å². The van der Waals surface area contributed by atoms with Crippen LogP contribution in [-0.2, 0) is 34.5 Å². The van der Waals surface area contributed by atoms with Crippen molar-refractivity contribution in [2.45, 2.75) is 32.0 Å². The maximum atomic E-state index is 12.9. The summed E-state index contributed by atoms with van der Waals surface area (Å²) in [4.78, 5) is 14.4. The van der Waals surface area contributed by atoms with Crippen molar-refractivity contribution in [2.75, 3.05) is 13.1 Å². The van der Waals surface area contributed by atoms with Gasteiger partial charge in [-0.05, 0) is 41.7 Å². The van der Waals surface area contributed by atoms with Crippen LogP contribution in [0.2, 0.25) is 0 Å². The van der Waals surface area contributed by atoms with E-state index in [1.165, 1.54) is 9.87 Å². The fourth-order valence-electron chi connectivity index (χ4n) is 3.89. The van der Waals surface area contributed by atoms with Gasteiger partial charge in [0.1, 0.15) is 6.04 Å². The Hall–Kier alpha value is -2.73. The molecule has 8 heteroatoms. The van der Waals surface area contributed by atoms with Crippen LogP contribution in [0.15, 0.2) is 48.5 Å². The van der Waals surface area contributed by atoms with Crippen molar-refractivity contribution >= 4 is 16.1 Å². The molecule has 1 fully saturated rings. The largest absolute Gasteiger partial charge is 0.337 e. The normalized spacial score (nSPS) is 19.8. The Balaban J connectivity index is 1.41. The molecule has 1 atom stereocenters. The maximum Gasteiger partial charge on any atom is 0.280 e. The Labute approximate surface area is 170 Å². The number of amides is 1. The highest BCUT2D eigenvalue weighted by atomic mass is 32.2. The Morgan fingerprint density at radius 2 is 1.90 bits per heavy atom. The van der Waals surface area contributed by atoms with Crippen LogP contribution in [0.25, 0.3) is 0 Å². The first-order chi connectivity index (χ1) is 14.0. The van der Waals surface area contributed by atoms with Crippen molar-refractivity contribution in [1.82, 2.24) is 13.9 Å². The van der Waals surface area contributed by atoms with E-state index in [2.05, 4.69) is 10.8 Å². The van der Waals surface area contributed by atoms with E-state index in [4.69, 9.17) is 5.26 Å². The van der Waals surface area contributed by atoms with Crippen LogP contribution >= 0.6 is 0 Å². The van der Waals surface area contributed by atoms with Gasteiger partial charge in [0, 0.05) is 26.2 Å². The number of nitriles is 1. The Bertz CT molecular complexity index is 1080. The fraction of sp³-hybridized carbons (Fsp3) is 0.333. The highest BCUT2D eigenvalue weighted by molar-refractivity contribution is 7.87. The first-order valence-corrected chi connectivity index (χ1v) is 11.0. The first kappa shape index (κ1) is 19.6. The number of nitrogens with zero attached hydrogens (tertiary/aromatic N) is 3. The molecule has 1 saturated heterocycles. The van der Waals surface area contributed by atoms with Gasteiger partial charge in [0.2, 0.25) is 5.91 Å². The molecule has 0 spiro atoms. The summed E-state index contributed by atoms with van der Waals surface area (Å²) < 4.78 is 29.7. The SMILES string of the molecule is N#Cc1cccc(CN2CC[C@H](NS(=O)(=O)N3CCc4ccccc4C3)C2=O)c1. The summed E-state index contributed by atoms with van der Waals surface area (Å²) in [6.07, 6.45) is 1.09. The lowest BCUT2D eigenvalue weighted by molar-refractivity contribution is -0.129. The first-order valence-electron chi connectivity index (χ1n) is 9.58. The standard InChI is InChI=1S/C21H22N4O3S/c22-13-16-4-3-5-17(12-16)14-24-10-9-20(21(24)26)23-29(27,28)25-11-8-18-6-1-2-7-19(18)15-25/h1-7,12,20,23H,8-11,14-15H2/t20-/m0/s1. The molecule has 0 aromatic heterocycles. The zero-order valence-corrected chi connectivity index (χ0v) is 16.7. The Kier molecular flexibility index (Phi) is 5.37. The van der Waals surface area contributed by atoms with Gasteiger partial charge in [-0.1, -0.05) is 36.4 Å². The van der Waals surface area contributed by atoms with E-state index in [0.717, 1.165) is 11.1 Å². The Morgan fingerprint density at radius 1 is 1.10 bits per heavy atom. The smallest absolute Gasteiger partial charge is 0.280 e. The van der Waals surface area contributed by atoms with Crippen LogP contribution in [0.5, 0.6) is 0 Å². The quantitative estimate of drug-likeness (QED) is 0.809. The molecule has 0 saturated carbocycles. The second-order valence-corrected chi connectivity index (χ2v) is 9.09. The van der Waals surface area contributed by atoms with Gasteiger partial charge in [-0.15, -0.1) is 0 Å². The zero-order chi connectivity index (χ0) is 20.4. The number of nitrogens with one attached hydrogen (secondary N) is 1. The van der Waals surface area contributed by atoms with Crippen LogP contribution in [-0.4, -0.2) is 42.7 Å². The average molecular weight is 410 g/mol. The van der Waals surface area contributed by atoms with E-state index < -0.39 is 16.3 Å². The van der Waals surface area contributed by atoms with Gasteiger partial charge in [-0.3, -0.25) is 4.79 Å². The summed E-state index contributed by atoms with van der Waals surface area (Å²) in [6.45, 7) is 1.56. The molecule has 1 amide bonds. The van der Waals surface area contributed by atoms with Crippen molar-refractivity contribution in [3.05, 3.63) is 70.8 Å². The van der Waals surface area contributed by atoms with Gasteiger partial charge < -0.3 is 4.90 Å². The van der Waals surface area contributed by atoms with E-state index in [0.29, 0.717) is 44.6 Å². The number of hydrogen-bond donors (Lipinski definition) is 1. The molecule has 0 bridgehead atoms. The van der Waals surface area contributed by atoms with E-state index in [-0.39, 0.29) is 5.91 Å². The molecule has 0 unspecified atom stereocenters. The predicted molar refractivity (Wildman–Crippen MR) is 108 cm³/mol. The number of hydrogen-bond acceptors (Lipinski definition) is 4. The summed E-state index contributed by atoms with van der Waals surface area (Å²) in [5.41, 5.74) is 3.56. The van der Waals surface area contributed by atoms with E-state index in [9.17, 15) is 13.2 Å². The van der Waals surface area contributed by atoms with Gasteiger partial charge in [-0.2, -0.15) is 22.7 Å². The Morgan fingerprint density at radius 3 is 2.69 bits per heavy atom. The van der Waals surface area contributed by atoms with Gasteiger partial charge in [0.05, 0.1) is 11.6 Å². The van der Waals surface area contributed by atoms with Gasteiger partial charge in [0.15, 0.2) is 0 Å². The predicted octanol–water partition coefficient (Wildman–Crippen LogP) is 1.55. The molecule has 29 heavy (non-hydrogen) atoms. The molecule has 2 aromatic rings. The van der Waals surface area contributed by atoms with Crippen molar-refractivity contribution in [3.8, 4) is 6.07 Å². The minimum atomic E-state index is -3.76. The second-order valence-electron chi connectivity index (χ2n) is 7.39. The molecule has 7 nitrogen and oxygen atoms in total. The summed E-state index contributed by atoms with van der Waals surface area (Å²) >= 11 is 0.